The molecule has 0 fully saturated rings. The van der Waals surface area contributed by atoms with Crippen molar-refractivity contribution in [3.8, 4) is 11.1 Å². The van der Waals surface area contributed by atoms with Gasteiger partial charge in [-0.25, -0.2) is 14.5 Å². The number of ketones is 1. The number of pyridine rings is 1. The number of hydrogen-bond acceptors (Lipinski definition) is 5. The van der Waals surface area contributed by atoms with Crippen LogP contribution >= 0.6 is 0 Å². The third-order valence-electron chi connectivity index (χ3n) is 4.60. The second kappa shape index (κ2) is 9.23. The van der Waals surface area contributed by atoms with Crippen LogP contribution in [0.2, 0.25) is 0 Å². The third kappa shape index (κ3) is 4.74. The molecule has 150 valence electrons. The largest absolute Gasteiger partial charge is 0.478 e. The van der Waals surface area contributed by atoms with Crippen molar-refractivity contribution >= 4 is 11.8 Å². The molecule has 7 heteroatoms. The van der Waals surface area contributed by atoms with Crippen LogP contribution in [0.4, 0.5) is 0 Å². The highest BCUT2D eigenvalue weighted by atomic mass is 16.4. The Morgan fingerprint density at radius 1 is 1.07 bits per heavy atom. The SMILES string of the molecule is CCCC(=O)c1nc(CCC)n(Cc2ccc(-c3ccncc3C(=O)O)cc2)n1. The van der Waals surface area contributed by atoms with E-state index in [2.05, 4.69) is 22.0 Å². The zero-order valence-electron chi connectivity index (χ0n) is 16.6. The molecule has 0 spiro atoms. The zero-order valence-corrected chi connectivity index (χ0v) is 16.6. The van der Waals surface area contributed by atoms with Crippen molar-refractivity contribution in [3.63, 3.8) is 0 Å². The Bertz CT molecular complexity index is 1010. The summed E-state index contributed by atoms with van der Waals surface area (Å²) < 4.78 is 1.79. The fraction of sp³-hybridized carbons (Fsp3) is 0.318. The van der Waals surface area contributed by atoms with E-state index < -0.39 is 5.97 Å². The predicted molar refractivity (Wildman–Crippen MR) is 109 cm³/mol. The molecule has 1 N–H and O–H groups in total. The maximum absolute atomic E-state index is 12.2. The predicted octanol–water partition coefficient (Wildman–Crippen LogP) is 4.02. The van der Waals surface area contributed by atoms with E-state index in [1.165, 1.54) is 6.20 Å². The molecule has 0 aliphatic rings. The normalized spacial score (nSPS) is 10.8. The van der Waals surface area contributed by atoms with Gasteiger partial charge in [0, 0.05) is 25.2 Å². The molecule has 3 rings (SSSR count). The Morgan fingerprint density at radius 3 is 2.48 bits per heavy atom. The first-order valence-electron chi connectivity index (χ1n) is 9.77. The van der Waals surface area contributed by atoms with Crippen LogP contribution in [-0.4, -0.2) is 36.6 Å². The molecule has 29 heavy (non-hydrogen) atoms. The maximum atomic E-state index is 12.2. The number of benzene rings is 1. The minimum absolute atomic E-state index is 0.0298. The van der Waals surface area contributed by atoms with Crippen LogP contribution in [0.15, 0.2) is 42.7 Å². The number of Topliss-reactive ketones (excluding diaryl/α,β-unsaturated/α-hetero) is 1. The molecular formula is C22H24N4O3. The van der Waals surface area contributed by atoms with E-state index in [0.29, 0.717) is 18.5 Å². The number of carboxylic acids is 1. The number of aromatic nitrogens is 4. The lowest BCUT2D eigenvalue weighted by Gasteiger charge is -2.08. The first-order valence-corrected chi connectivity index (χ1v) is 9.77. The van der Waals surface area contributed by atoms with Gasteiger partial charge in [0.05, 0.1) is 12.1 Å². The monoisotopic (exact) mass is 392 g/mol. The molecule has 0 saturated heterocycles. The molecule has 0 saturated carbocycles. The van der Waals surface area contributed by atoms with Crippen molar-refractivity contribution in [2.24, 2.45) is 0 Å². The lowest BCUT2D eigenvalue weighted by atomic mass is 10.0. The molecule has 2 aromatic heterocycles. The number of hydrogen-bond donors (Lipinski definition) is 1. The molecule has 2 heterocycles. The van der Waals surface area contributed by atoms with Gasteiger partial charge in [-0.1, -0.05) is 38.1 Å². The molecule has 0 radical (unpaired) electrons. The minimum atomic E-state index is -1.01. The third-order valence-corrected chi connectivity index (χ3v) is 4.60. The first-order chi connectivity index (χ1) is 14.0. The van der Waals surface area contributed by atoms with Crippen LogP contribution in [0, 0.1) is 0 Å². The maximum Gasteiger partial charge on any atom is 0.337 e. The van der Waals surface area contributed by atoms with Gasteiger partial charge in [-0.15, -0.1) is 5.10 Å². The zero-order chi connectivity index (χ0) is 20.8. The number of carbonyl (C=O) groups is 2. The van der Waals surface area contributed by atoms with Crippen LogP contribution < -0.4 is 0 Å². The van der Waals surface area contributed by atoms with Crippen molar-refractivity contribution in [1.29, 1.82) is 0 Å². The summed E-state index contributed by atoms with van der Waals surface area (Å²) in [4.78, 5) is 31.9. The molecular weight excluding hydrogens is 368 g/mol. The van der Waals surface area contributed by atoms with Gasteiger partial charge in [0.25, 0.3) is 0 Å². The molecule has 0 aliphatic carbocycles. The summed E-state index contributed by atoms with van der Waals surface area (Å²) in [5.74, 6) is 0.0549. The summed E-state index contributed by atoms with van der Waals surface area (Å²) in [6.07, 6.45) is 5.82. The Labute approximate surface area is 169 Å². The van der Waals surface area contributed by atoms with Gasteiger partial charge in [-0.3, -0.25) is 9.78 Å². The van der Waals surface area contributed by atoms with E-state index in [1.807, 2.05) is 31.2 Å². The van der Waals surface area contributed by atoms with Crippen molar-refractivity contribution in [2.75, 3.05) is 0 Å². The Hall–Kier alpha value is -3.35. The van der Waals surface area contributed by atoms with Crippen LogP contribution in [0.3, 0.4) is 0 Å². The van der Waals surface area contributed by atoms with Crippen molar-refractivity contribution in [2.45, 2.75) is 46.1 Å². The highest BCUT2D eigenvalue weighted by Gasteiger charge is 2.16. The van der Waals surface area contributed by atoms with E-state index in [0.717, 1.165) is 36.2 Å². The number of carbonyl (C=O) groups excluding carboxylic acids is 1. The van der Waals surface area contributed by atoms with Gasteiger partial charge in [0.1, 0.15) is 5.82 Å². The fourth-order valence-corrected chi connectivity index (χ4v) is 3.15. The Morgan fingerprint density at radius 2 is 1.83 bits per heavy atom. The number of carboxylic acid groups (broad SMARTS) is 1. The molecule has 3 aromatic rings. The van der Waals surface area contributed by atoms with Crippen LogP contribution in [0.5, 0.6) is 0 Å². The average molecular weight is 392 g/mol. The highest BCUT2D eigenvalue weighted by molar-refractivity contribution is 5.95. The topological polar surface area (TPSA) is 98.0 Å². The molecule has 0 amide bonds. The smallest absolute Gasteiger partial charge is 0.337 e. The summed E-state index contributed by atoms with van der Waals surface area (Å²) in [5, 5.41) is 13.8. The standard InChI is InChI=1S/C22H24N4O3/c1-3-5-19(27)21-24-20(6-4-2)26(25-21)14-15-7-9-16(10-8-15)17-11-12-23-13-18(17)22(28)29/h7-13H,3-6,14H2,1-2H3,(H,28,29). The molecule has 7 nitrogen and oxygen atoms in total. The summed E-state index contributed by atoms with van der Waals surface area (Å²) in [5.41, 5.74) is 2.59. The Kier molecular flexibility index (Phi) is 6.49. The van der Waals surface area contributed by atoms with Gasteiger partial charge in [0.15, 0.2) is 0 Å². The van der Waals surface area contributed by atoms with Crippen molar-refractivity contribution < 1.29 is 14.7 Å². The summed E-state index contributed by atoms with van der Waals surface area (Å²) in [6.45, 7) is 4.53. The van der Waals surface area contributed by atoms with Crippen molar-refractivity contribution in [3.05, 3.63) is 65.5 Å². The minimum Gasteiger partial charge on any atom is -0.478 e. The van der Waals surface area contributed by atoms with E-state index in [-0.39, 0.29) is 17.2 Å². The second-order valence-corrected chi connectivity index (χ2v) is 6.86. The van der Waals surface area contributed by atoms with E-state index in [9.17, 15) is 14.7 Å². The molecule has 0 atom stereocenters. The van der Waals surface area contributed by atoms with E-state index in [1.54, 1.807) is 16.9 Å². The van der Waals surface area contributed by atoms with E-state index in [4.69, 9.17) is 0 Å². The van der Waals surface area contributed by atoms with Gasteiger partial charge in [0.2, 0.25) is 11.6 Å². The summed E-state index contributed by atoms with van der Waals surface area (Å²) >= 11 is 0. The lowest BCUT2D eigenvalue weighted by molar-refractivity contribution is 0.0697. The molecule has 0 bridgehead atoms. The fourth-order valence-electron chi connectivity index (χ4n) is 3.15. The molecule has 0 aliphatic heterocycles. The second-order valence-electron chi connectivity index (χ2n) is 6.86. The number of rotatable bonds is 9. The van der Waals surface area contributed by atoms with E-state index >= 15 is 0 Å². The molecule has 1 aromatic carbocycles. The van der Waals surface area contributed by atoms with Gasteiger partial charge in [-0.05, 0) is 35.6 Å². The van der Waals surface area contributed by atoms with Crippen molar-refractivity contribution in [1.82, 2.24) is 19.7 Å². The van der Waals surface area contributed by atoms with Crippen LogP contribution in [0.1, 0.15) is 65.5 Å². The van der Waals surface area contributed by atoms with Crippen LogP contribution in [-0.2, 0) is 13.0 Å². The van der Waals surface area contributed by atoms with Gasteiger partial charge < -0.3 is 5.11 Å². The first kappa shape index (κ1) is 20.4. The van der Waals surface area contributed by atoms with Gasteiger partial charge >= 0.3 is 5.97 Å². The number of aryl methyl sites for hydroxylation is 1. The average Bonchev–Trinajstić information content (AvgIpc) is 3.12. The quantitative estimate of drug-likeness (QED) is 0.552. The number of nitrogens with zero attached hydrogens (tertiary/aromatic N) is 4. The number of aromatic carboxylic acids is 1. The lowest BCUT2D eigenvalue weighted by Crippen LogP contribution is -2.08. The summed E-state index contributed by atoms with van der Waals surface area (Å²) in [6, 6.07) is 9.34. The highest BCUT2D eigenvalue weighted by Crippen LogP contribution is 2.23. The molecule has 0 unspecified atom stereocenters. The van der Waals surface area contributed by atoms with Crippen LogP contribution in [0.25, 0.3) is 11.1 Å². The Balaban J connectivity index is 1.85. The van der Waals surface area contributed by atoms with Gasteiger partial charge in [-0.2, -0.15) is 0 Å². The summed E-state index contributed by atoms with van der Waals surface area (Å²) in [7, 11) is 0.